The van der Waals surface area contributed by atoms with Gasteiger partial charge >= 0.3 is 6.03 Å². The monoisotopic (exact) mass is 271 g/mol. The van der Waals surface area contributed by atoms with E-state index in [-0.39, 0.29) is 18.7 Å². The highest BCUT2D eigenvalue weighted by Crippen LogP contribution is 2.04. The van der Waals surface area contributed by atoms with E-state index in [4.69, 9.17) is 5.11 Å². The molecule has 0 aliphatic carbocycles. The van der Waals surface area contributed by atoms with Crippen molar-refractivity contribution in [3.05, 3.63) is 16.6 Å². The predicted molar refractivity (Wildman–Crippen MR) is 72.7 cm³/mol. The summed E-state index contributed by atoms with van der Waals surface area (Å²) in [6, 6.07) is -0.408. The lowest BCUT2D eigenvalue weighted by Crippen LogP contribution is -2.44. The number of aliphatic hydroxyl groups excluding tert-OH is 1. The Balaban J connectivity index is 2.19. The highest BCUT2D eigenvalue weighted by molar-refractivity contribution is 7.07. The van der Waals surface area contributed by atoms with Gasteiger partial charge in [-0.25, -0.2) is 9.78 Å². The first kappa shape index (κ1) is 14.9. The van der Waals surface area contributed by atoms with Crippen molar-refractivity contribution in [1.29, 1.82) is 0 Å². The zero-order chi connectivity index (χ0) is 13.4. The van der Waals surface area contributed by atoms with Crippen molar-refractivity contribution < 1.29 is 9.90 Å². The minimum absolute atomic E-state index is 0.0301. The van der Waals surface area contributed by atoms with Crippen molar-refractivity contribution in [3.8, 4) is 0 Å². The molecule has 0 bridgehead atoms. The van der Waals surface area contributed by atoms with E-state index in [1.54, 1.807) is 16.8 Å². The maximum absolute atomic E-state index is 11.6. The Morgan fingerprint density at radius 1 is 1.56 bits per heavy atom. The van der Waals surface area contributed by atoms with Gasteiger partial charge in [-0.05, 0) is 12.3 Å². The molecule has 6 heteroatoms. The van der Waals surface area contributed by atoms with E-state index in [1.165, 1.54) is 0 Å². The zero-order valence-corrected chi connectivity index (χ0v) is 11.7. The maximum Gasteiger partial charge on any atom is 0.315 e. The molecule has 1 aromatic heterocycles. The quantitative estimate of drug-likeness (QED) is 0.701. The lowest BCUT2D eigenvalue weighted by molar-refractivity contribution is 0.207. The topological polar surface area (TPSA) is 74.2 Å². The molecule has 0 aromatic carbocycles. The van der Waals surface area contributed by atoms with Crippen LogP contribution in [-0.4, -0.2) is 35.3 Å². The molecule has 0 radical (unpaired) electrons. The average molecular weight is 271 g/mol. The van der Waals surface area contributed by atoms with Crippen LogP contribution in [0.15, 0.2) is 10.9 Å². The van der Waals surface area contributed by atoms with Crippen molar-refractivity contribution in [2.45, 2.75) is 32.7 Å². The Hall–Kier alpha value is -1.14. The molecule has 0 spiro atoms. The number of hydrogen-bond donors (Lipinski definition) is 3. The number of carbonyl (C=O) groups excluding carboxylic acids is 1. The summed E-state index contributed by atoms with van der Waals surface area (Å²) in [4.78, 5) is 15.7. The van der Waals surface area contributed by atoms with Gasteiger partial charge in [0.1, 0.15) is 0 Å². The molecule has 1 unspecified atom stereocenters. The number of nitrogens with one attached hydrogen (secondary N) is 2. The van der Waals surface area contributed by atoms with Crippen LogP contribution in [0.1, 0.15) is 26.0 Å². The number of carbonyl (C=O) groups is 1. The lowest BCUT2D eigenvalue weighted by Gasteiger charge is -2.18. The molecule has 0 fully saturated rings. The number of aliphatic hydroxyl groups is 1. The van der Waals surface area contributed by atoms with Crippen LogP contribution in [0.25, 0.3) is 0 Å². The molecular formula is C12H21N3O2S. The summed E-state index contributed by atoms with van der Waals surface area (Å²) in [5.74, 6) is 0.442. The van der Waals surface area contributed by atoms with Gasteiger partial charge in [0.15, 0.2) is 0 Å². The molecule has 1 aromatic rings. The van der Waals surface area contributed by atoms with Crippen molar-refractivity contribution in [1.82, 2.24) is 15.6 Å². The van der Waals surface area contributed by atoms with Gasteiger partial charge in [-0.3, -0.25) is 0 Å². The molecule has 0 aliphatic rings. The van der Waals surface area contributed by atoms with Gasteiger partial charge in [-0.1, -0.05) is 13.8 Å². The third-order valence-corrected chi connectivity index (χ3v) is 3.10. The van der Waals surface area contributed by atoms with Crippen LogP contribution in [-0.2, 0) is 6.42 Å². The molecule has 2 amide bonds. The molecule has 1 rings (SSSR count). The number of hydrogen-bond acceptors (Lipinski definition) is 4. The van der Waals surface area contributed by atoms with Gasteiger partial charge in [0.05, 0.1) is 23.9 Å². The number of thiazole rings is 1. The highest BCUT2D eigenvalue weighted by Gasteiger charge is 2.12. The Kier molecular flexibility index (Phi) is 6.67. The average Bonchev–Trinajstić information content (AvgIpc) is 2.80. The Morgan fingerprint density at radius 3 is 2.89 bits per heavy atom. The van der Waals surface area contributed by atoms with Gasteiger partial charge in [0.2, 0.25) is 0 Å². The van der Waals surface area contributed by atoms with Gasteiger partial charge in [0, 0.05) is 18.3 Å². The number of amides is 2. The van der Waals surface area contributed by atoms with Gasteiger partial charge in [-0.2, -0.15) is 0 Å². The normalized spacial score (nSPS) is 12.4. The molecule has 5 nitrogen and oxygen atoms in total. The summed E-state index contributed by atoms with van der Waals surface area (Å²) in [5, 5.41) is 16.6. The molecule has 1 heterocycles. The molecule has 102 valence electrons. The highest BCUT2D eigenvalue weighted by atomic mass is 32.1. The van der Waals surface area contributed by atoms with Crippen molar-refractivity contribution in [2.75, 3.05) is 13.2 Å². The molecule has 0 saturated heterocycles. The Morgan fingerprint density at radius 2 is 2.33 bits per heavy atom. The summed E-state index contributed by atoms with van der Waals surface area (Å²) in [6.45, 7) is 4.64. The van der Waals surface area contributed by atoms with Crippen molar-refractivity contribution >= 4 is 17.4 Å². The van der Waals surface area contributed by atoms with E-state index in [9.17, 15) is 4.79 Å². The zero-order valence-electron chi connectivity index (χ0n) is 10.8. The van der Waals surface area contributed by atoms with Gasteiger partial charge in [0.25, 0.3) is 0 Å². The van der Waals surface area contributed by atoms with Crippen LogP contribution in [0.2, 0.25) is 0 Å². The summed E-state index contributed by atoms with van der Waals surface area (Å²) in [5.41, 5.74) is 2.76. The first-order valence-corrected chi connectivity index (χ1v) is 7.08. The van der Waals surface area contributed by atoms with Crippen molar-refractivity contribution in [2.24, 2.45) is 5.92 Å². The van der Waals surface area contributed by atoms with Crippen molar-refractivity contribution in [3.63, 3.8) is 0 Å². The second kappa shape index (κ2) is 8.05. The third-order valence-electron chi connectivity index (χ3n) is 2.46. The SMILES string of the molecule is CC(C)CC(CO)NC(=O)NCCc1cscn1. The van der Waals surface area contributed by atoms with E-state index in [1.807, 2.05) is 5.38 Å². The Bertz CT molecular complexity index is 341. The number of urea groups is 1. The molecule has 0 saturated carbocycles. The van der Waals surface area contributed by atoms with E-state index < -0.39 is 0 Å². The smallest absolute Gasteiger partial charge is 0.315 e. The molecule has 18 heavy (non-hydrogen) atoms. The van der Waals surface area contributed by atoms with E-state index in [2.05, 4.69) is 29.5 Å². The van der Waals surface area contributed by atoms with E-state index in [0.717, 1.165) is 18.5 Å². The fourth-order valence-corrected chi connectivity index (χ4v) is 2.24. The lowest BCUT2D eigenvalue weighted by atomic mass is 10.0. The number of nitrogens with zero attached hydrogens (tertiary/aromatic N) is 1. The van der Waals surface area contributed by atoms with Gasteiger partial charge in [-0.15, -0.1) is 11.3 Å². The predicted octanol–water partition coefficient (Wildman–Crippen LogP) is 1.39. The van der Waals surface area contributed by atoms with E-state index in [0.29, 0.717) is 12.5 Å². The number of rotatable bonds is 7. The fraction of sp³-hybridized carbons (Fsp3) is 0.667. The molecule has 3 N–H and O–H groups in total. The summed E-state index contributed by atoms with van der Waals surface area (Å²) < 4.78 is 0. The van der Waals surface area contributed by atoms with Crippen LogP contribution >= 0.6 is 11.3 Å². The van der Waals surface area contributed by atoms with Crippen LogP contribution in [0.5, 0.6) is 0 Å². The first-order chi connectivity index (χ1) is 8.61. The summed E-state index contributed by atoms with van der Waals surface area (Å²) in [7, 11) is 0. The van der Waals surface area contributed by atoms with E-state index >= 15 is 0 Å². The second-order valence-corrected chi connectivity index (χ2v) is 5.36. The minimum atomic E-state index is -0.232. The molecule has 0 aliphatic heterocycles. The minimum Gasteiger partial charge on any atom is -0.394 e. The summed E-state index contributed by atoms with van der Waals surface area (Å²) >= 11 is 1.55. The van der Waals surface area contributed by atoms with Crippen LogP contribution in [0.3, 0.4) is 0 Å². The van der Waals surface area contributed by atoms with Crippen LogP contribution < -0.4 is 10.6 Å². The van der Waals surface area contributed by atoms with Crippen LogP contribution in [0.4, 0.5) is 4.79 Å². The first-order valence-electron chi connectivity index (χ1n) is 6.14. The molecule has 1 atom stereocenters. The van der Waals surface area contributed by atoms with Crippen LogP contribution in [0, 0.1) is 5.92 Å². The largest absolute Gasteiger partial charge is 0.394 e. The number of aromatic nitrogens is 1. The molecular weight excluding hydrogens is 250 g/mol. The Labute approximate surface area is 112 Å². The van der Waals surface area contributed by atoms with Gasteiger partial charge < -0.3 is 15.7 Å². The third kappa shape index (κ3) is 5.97. The second-order valence-electron chi connectivity index (χ2n) is 4.64. The fourth-order valence-electron chi connectivity index (χ4n) is 1.65. The maximum atomic E-state index is 11.6. The standard InChI is InChI=1S/C12H21N3O2S/c1-9(2)5-11(6-16)15-12(17)13-4-3-10-7-18-8-14-10/h7-9,11,16H,3-6H2,1-2H3,(H2,13,15,17). The summed E-state index contributed by atoms with van der Waals surface area (Å²) in [6.07, 6.45) is 1.50.